The second-order valence-electron chi connectivity index (χ2n) is 6.99. The highest BCUT2D eigenvalue weighted by molar-refractivity contribution is 5.89. The van der Waals surface area contributed by atoms with E-state index in [9.17, 15) is 9.59 Å². The third-order valence-corrected chi connectivity index (χ3v) is 4.97. The Labute approximate surface area is 143 Å². The highest BCUT2D eigenvalue weighted by Gasteiger charge is 2.38. The summed E-state index contributed by atoms with van der Waals surface area (Å²) in [5, 5.41) is 2.95. The van der Waals surface area contributed by atoms with Gasteiger partial charge in [0.25, 0.3) is 0 Å². The van der Waals surface area contributed by atoms with E-state index in [2.05, 4.69) is 15.3 Å². The van der Waals surface area contributed by atoms with Crippen molar-refractivity contribution in [2.75, 3.05) is 13.1 Å². The van der Waals surface area contributed by atoms with Gasteiger partial charge in [-0.2, -0.15) is 0 Å². The molecule has 0 spiro atoms. The maximum absolute atomic E-state index is 12.3. The lowest BCUT2D eigenvalue weighted by Gasteiger charge is -2.23. The molecule has 6 heteroatoms. The Morgan fingerprint density at radius 2 is 1.92 bits per heavy atom. The molecule has 1 aromatic rings. The fourth-order valence-electron chi connectivity index (χ4n) is 3.83. The van der Waals surface area contributed by atoms with Gasteiger partial charge in [-0.1, -0.05) is 12.8 Å². The zero-order valence-electron chi connectivity index (χ0n) is 14.5. The Morgan fingerprint density at radius 3 is 2.58 bits per heavy atom. The minimum Gasteiger partial charge on any atom is -0.355 e. The molecule has 0 radical (unpaired) electrons. The first kappa shape index (κ1) is 16.9. The van der Waals surface area contributed by atoms with Gasteiger partial charge in [0.05, 0.1) is 5.92 Å². The molecule has 1 saturated heterocycles. The summed E-state index contributed by atoms with van der Waals surface area (Å²) in [5.41, 5.74) is 1.88. The zero-order chi connectivity index (χ0) is 17.1. The number of carbonyl (C=O) groups excluding carboxylic acids is 2. The summed E-state index contributed by atoms with van der Waals surface area (Å²) in [4.78, 5) is 35.2. The average Bonchev–Trinajstić information content (AvgIpc) is 3.15. The molecule has 0 unspecified atom stereocenters. The third-order valence-electron chi connectivity index (χ3n) is 4.97. The van der Waals surface area contributed by atoms with Crippen molar-refractivity contribution in [1.82, 2.24) is 20.2 Å². The normalized spacial score (nSPS) is 21.5. The molecule has 0 aromatic carbocycles. The molecule has 2 heterocycles. The smallest absolute Gasteiger partial charge is 0.225 e. The Balaban J connectivity index is 1.47. The molecule has 1 atom stereocenters. The fraction of sp³-hybridized carbons (Fsp3) is 0.667. The summed E-state index contributed by atoms with van der Waals surface area (Å²) < 4.78 is 0. The van der Waals surface area contributed by atoms with Crippen LogP contribution in [0.1, 0.15) is 49.3 Å². The van der Waals surface area contributed by atoms with Crippen LogP contribution in [0.2, 0.25) is 0 Å². The molecule has 1 saturated carbocycles. The topological polar surface area (TPSA) is 75.2 Å². The standard InChI is InChI=1S/C18H26N4O2/c1-12-9-13(2)21-16(20-12)7-8-19-18(24)14-10-17(23)22(11-14)15-5-3-4-6-15/h9,14-15H,3-8,10-11H2,1-2H3,(H,19,24)/t14-/m1/s1. The first-order chi connectivity index (χ1) is 11.5. The first-order valence-electron chi connectivity index (χ1n) is 8.91. The minimum atomic E-state index is -0.210. The second kappa shape index (κ2) is 7.28. The average molecular weight is 330 g/mol. The summed E-state index contributed by atoms with van der Waals surface area (Å²) in [7, 11) is 0. The van der Waals surface area contributed by atoms with Crippen LogP contribution in [-0.4, -0.2) is 45.8 Å². The summed E-state index contributed by atoms with van der Waals surface area (Å²) in [6.07, 6.45) is 5.53. The summed E-state index contributed by atoms with van der Waals surface area (Å²) in [6.45, 7) is 4.97. The van der Waals surface area contributed by atoms with Crippen molar-refractivity contribution >= 4 is 11.8 Å². The van der Waals surface area contributed by atoms with Gasteiger partial charge in [0, 0.05) is 43.4 Å². The van der Waals surface area contributed by atoms with Crippen molar-refractivity contribution in [3.8, 4) is 0 Å². The number of hydrogen-bond acceptors (Lipinski definition) is 4. The Morgan fingerprint density at radius 1 is 1.25 bits per heavy atom. The molecule has 2 aliphatic rings. The van der Waals surface area contributed by atoms with Crippen molar-refractivity contribution in [3.05, 3.63) is 23.3 Å². The molecule has 3 rings (SSSR count). The van der Waals surface area contributed by atoms with Gasteiger partial charge < -0.3 is 10.2 Å². The van der Waals surface area contributed by atoms with E-state index in [0.717, 1.165) is 30.1 Å². The molecular formula is C18H26N4O2. The van der Waals surface area contributed by atoms with Gasteiger partial charge in [-0.05, 0) is 32.8 Å². The van der Waals surface area contributed by atoms with Crippen LogP contribution >= 0.6 is 0 Å². The highest BCUT2D eigenvalue weighted by atomic mass is 16.2. The van der Waals surface area contributed by atoms with Crippen LogP contribution in [0.3, 0.4) is 0 Å². The van der Waals surface area contributed by atoms with Gasteiger partial charge in [0.1, 0.15) is 5.82 Å². The molecule has 1 aliphatic heterocycles. The van der Waals surface area contributed by atoms with Crippen LogP contribution in [0.4, 0.5) is 0 Å². The van der Waals surface area contributed by atoms with Gasteiger partial charge >= 0.3 is 0 Å². The molecule has 1 aromatic heterocycles. The predicted molar refractivity (Wildman–Crippen MR) is 90.3 cm³/mol. The van der Waals surface area contributed by atoms with Crippen molar-refractivity contribution < 1.29 is 9.59 Å². The SMILES string of the molecule is Cc1cc(C)nc(CCNC(=O)[C@@H]2CC(=O)N(C3CCCC3)C2)n1. The lowest BCUT2D eigenvalue weighted by Crippen LogP contribution is -2.37. The zero-order valence-corrected chi connectivity index (χ0v) is 14.5. The van der Waals surface area contributed by atoms with E-state index < -0.39 is 0 Å². The number of likely N-dealkylation sites (tertiary alicyclic amines) is 1. The molecule has 6 nitrogen and oxygen atoms in total. The molecular weight excluding hydrogens is 304 g/mol. The monoisotopic (exact) mass is 330 g/mol. The quantitative estimate of drug-likeness (QED) is 0.889. The van der Waals surface area contributed by atoms with Gasteiger partial charge in [-0.3, -0.25) is 9.59 Å². The van der Waals surface area contributed by atoms with E-state index in [0.29, 0.717) is 32.0 Å². The number of carbonyl (C=O) groups is 2. The number of amides is 2. The van der Waals surface area contributed by atoms with Gasteiger partial charge in [0.2, 0.25) is 11.8 Å². The van der Waals surface area contributed by atoms with Crippen LogP contribution in [0.5, 0.6) is 0 Å². The number of aryl methyl sites for hydroxylation is 2. The Bertz CT molecular complexity index is 605. The molecule has 0 bridgehead atoms. The number of aromatic nitrogens is 2. The molecule has 1 N–H and O–H groups in total. The van der Waals surface area contributed by atoms with Crippen LogP contribution < -0.4 is 5.32 Å². The van der Waals surface area contributed by atoms with E-state index in [-0.39, 0.29) is 17.7 Å². The van der Waals surface area contributed by atoms with Crippen LogP contribution in [0.25, 0.3) is 0 Å². The number of nitrogens with zero attached hydrogens (tertiary/aromatic N) is 3. The molecule has 2 fully saturated rings. The predicted octanol–water partition coefficient (Wildman–Crippen LogP) is 1.54. The number of rotatable bonds is 5. The summed E-state index contributed by atoms with van der Waals surface area (Å²) in [6, 6.07) is 2.29. The van der Waals surface area contributed by atoms with E-state index >= 15 is 0 Å². The summed E-state index contributed by atoms with van der Waals surface area (Å²) >= 11 is 0. The van der Waals surface area contributed by atoms with Gasteiger partial charge in [-0.25, -0.2) is 9.97 Å². The fourth-order valence-corrected chi connectivity index (χ4v) is 3.83. The molecule has 24 heavy (non-hydrogen) atoms. The Hall–Kier alpha value is -1.98. The molecule has 2 amide bonds. The Kier molecular flexibility index (Phi) is 5.11. The maximum atomic E-state index is 12.3. The lowest BCUT2D eigenvalue weighted by atomic mass is 10.1. The lowest BCUT2D eigenvalue weighted by molar-refractivity contribution is -0.130. The van der Waals surface area contributed by atoms with Crippen LogP contribution in [0, 0.1) is 19.8 Å². The summed E-state index contributed by atoms with van der Waals surface area (Å²) in [5.74, 6) is 0.661. The second-order valence-corrected chi connectivity index (χ2v) is 6.99. The molecule has 1 aliphatic carbocycles. The first-order valence-corrected chi connectivity index (χ1v) is 8.91. The van der Waals surface area contributed by atoms with Crippen molar-refractivity contribution in [3.63, 3.8) is 0 Å². The van der Waals surface area contributed by atoms with Crippen molar-refractivity contribution in [1.29, 1.82) is 0 Å². The highest BCUT2D eigenvalue weighted by Crippen LogP contribution is 2.29. The van der Waals surface area contributed by atoms with Gasteiger partial charge in [0.15, 0.2) is 0 Å². The van der Waals surface area contributed by atoms with Gasteiger partial charge in [-0.15, -0.1) is 0 Å². The van der Waals surface area contributed by atoms with E-state index in [1.54, 1.807) is 0 Å². The number of nitrogens with one attached hydrogen (secondary N) is 1. The molecule has 130 valence electrons. The van der Waals surface area contributed by atoms with E-state index in [1.165, 1.54) is 12.8 Å². The number of hydrogen-bond donors (Lipinski definition) is 1. The van der Waals surface area contributed by atoms with Crippen molar-refractivity contribution in [2.45, 2.75) is 58.4 Å². The van der Waals surface area contributed by atoms with E-state index in [1.807, 2.05) is 24.8 Å². The van der Waals surface area contributed by atoms with Crippen molar-refractivity contribution in [2.24, 2.45) is 5.92 Å². The van der Waals surface area contributed by atoms with Crippen LogP contribution in [0.15, 0.2) is 6.07 Å². The third kappa shape index (κ3) is 3.91. The maximum Gasteiger partial charge on any atom is 0.225 e. The minimum absolute atomic E-state index is 0.0202. The van der Waals surface area contributed by atoms with E-state index in [4.69, 9.17) is 0 Å². The van der Waals surface area contributed by atoms with Crippen LogP contribution in [-0.2, 0) is 16.0 Å². The largest absolute Gasteiger partial charge is 0.355 e.